The smallest absolute Gasteiger partial charge is 0.265 e. The lowest BCUT2D eigenvalue weighted by atomic mass is 10.1. The normalized spacial score (nSPS) is 18.4. The van der Waals surface area contributed by atoms with Crippen LogP contribution < -0.4 is 0 Å². The maximum absolute atomic E-state index is 13.2. The first-order chi connectivity index (χ1) is 8.87. The molecular formula is C13H13BrClF2NO. The average Bonchev–Trinajstić information content (AvgIpc) is 2.32. The monoisotopic (exact) mass is 351 g/mol. The third kappa shape index (κ3) is 3.89. The van der Waals surface area contributed by atoms with E-state index in [-0.39, 0.29) is 18.7 Å². The molecule has 0 spiro atoms. The van der Waals surface area contributed by atoms with Crippen molar-refractivity contribution in [2.24, 2.45) is 0 Å². The number of likely N-dealkylation sites (tertiary alicyclic amines) is 1. The van der Waals surface area contributed by atoms with Crippen molar-refractivity contribution in [2.45, 2.75) is 25.2 Å². The van der Waals surface area contributed by atoms with Crippen LogP contribution >= 0.6 is 27.5 Å². The summed E-state index contributed by atoms with van der Waals surface area (Å²) in [5.41, 5.74) is 0.729. The molecule has 19 heavy (non-hydrogen) atoms. The van der Waals surface area contributed by atoms with Crippen LogP contribution in [0.2, 0.25) is 5.02 Å². The molecule has 0 saturated carbocycles. The lowest BCUT2D eigenvalue weighted by molar-refractivity contribution is -0.140. The van der Waals surface area contributed by atoms with E-state index in [1.165, 1.54) is 4.90 Å². The van der Waals surface area contributed by atoms with Gasteiger partial charge in [-0.1, -0.05) is 17.7 Å². The summed E-state index contributed by atoms with van der Waals surface area (Å²) in [5.74, 6) is -3.04. The van der Waals surface area contributed by atoms with Crippen LogP contribution in [0.25, 0.3) is 0 Å². The molecule has 1 heterocycles. The highest BCUT2D eigenvalue weighted by Crippen LogP contribution is 2.27. The SMILES string of the molecule is O=C(Cc1ccc(Br)c(Cl)c1)N1CCCC(F)(F)C1. The molecule has 0 atom stereocenters. The number of nitrogens with zero attached hydrogens (tertiary/aromatic N) is 1. The van der Waals surface area contributed by atoms with Crippen LogP contribution in [0, 0.1) is 0 Å². The summed E-state index contributed by atoms with van der Waals surface area (Å²) in [4.78, 5) is 13.2. The molecule has 0 aromatic heterocycles. The third-order valence-electron chi connectivity index (χ3n) is 3.08. The van der Waals surface area contributed by atoms with Crippen molar-refractivity contribution < 1.29 is 13.6 Å². The summed E-state index contributed by atoms with van der Waals surface area (Å²) < 4.78 is 27.2. The van der Waals surface area contributed by atoms with Crippen molar-refractivity contribution in [2.75, 3.05) is 13.1 Å². The minimum absolute atomic E-state index is 0.100. The minimum atomic E-state index is -2.76. The van der Waals surface area contributed by atoms with Gasteiger partial charge in [0.1, 0.15) is 0 Å². The maximum atomic E-state index is 13.2. The predicted octanol–water partition coefficient (Wildman–Crippen LogP) is 3.90. The summed E-state index contributed by atoms with van der Waals surface area (Å²) in [6.07, 6.45) is 0.309. The highest BCUT2D eigenvalue weighted by atomic mass is 79.9. The van der Waals surface area contributed by atoms with Crippen LogP contribution in [-0.2, 0) is 11.2 Å². The number of benzene rings is 1. The first-order valence-electron chi connectivity index (χ1n) is 5.97. The molecule has 104 valence electrons. The van der Waals surface area contributed by atoms with Crippen LogP contribution in [0.1, 0.15) is 18.4 Å². The second-order valence-electron chi connectivity index (χ2n) is 4.70. The Morgan fingerprint density at radius 1 is 1.47 bits per heavy atom. The van der Waals surface area contributed by atoms with Gasteiger partial charge in [0.15, 0.2) is 0 Å². The average molecular weight is 353 g/mol. The van der Waals surface area contributed by atoms with Gasteiger partial charge in [0.2, 0.25) is 5.91 Å². The zero-order valence-electron chi connectivity index (χ0n) is 10.1. The van der Waals surface area contributed by atoms with Gasteiger partial charge in [-0.15, -0.1) is 0 Å². The van der Waals surface area contributed by atoms with Crippen molar-refractivity contribution in [1.82, 2.24) is 4.90 Å². The van der Waals surface area contributed by atoms with Crippen LogP contribution in [-0.4, -0.2) is 29.8 Å². The zero-order valence-corrected chi connectivity index (χ0v) is 12.5. The van der Waals surface area contributed by atoms with Gasteiger partial charge in [-0.2, -0.15) is 0 Å². The van der Waals surface area contributed by atoms with Crippen molar-refractivity contribution in [1.29, 1.82) is 0 Å². The minimum Gasteiger partial charge on any atom is -0.336 e. The summed E-state index contributed by atoms with van der Waals surface area (Å²) in [6.45, 7) is -0.0746. The molecule has 1 fully saturated rings. The Kier molecular flexibility index (Phi) is 4.46. The fourth-order valence-corrected chi connectivity index (χ4v) is 2.56. The Bertz CT molecular complexity index is 496. The molecule has 2 rings (SSSR count). The lowest BCUT2D eigenvalue weighted by Gasteiger charge is -2.32. The van der Waals surface area contributed by atoms with Gasteiger partial charge in [0.25, 0.3) is 5.92 Å². The second kappa shape index (κ2) is 5.75. The van der Waals surface area contributed by atoms with Crippen LogP contribution in [0.5, 0.6) is 0 Å². The Hall–Kier alpha value is -0.680. The van der Waals surface area contributed by atoms with Crippen molar-refractivity contribution in [3.8, 4) is 0 Å². The highest BCUT2D eigenvalue weighted by molar-refractivity contribution is 9.10. The van der Waals surface area contributed by atoms with Gasteiger partial charge in [-0.3, -0.25) is 4.79 Å². The number of carbonyl (C=O) groups excluding carboxylic acids is 1. The first-order valence-corrected chi connectivity index (χ1v) is 7.14. The van der Waals surface area contributed by atoms with E-state index in [0.717, 1.165) is 10.0 Å². The van der Waals surface area contributed by atoms with Crippen LogP contribution in [0.15, 0.2) is 22.7 Å². The fraction of sp³-hybridized carbons (Fsp3) is 0.462. The van der Waals surface area contributed by atoms with Crippen LogP contribution in [0.3, 0.4) is 0 Å². The van der Waals surface area contributed by atoms with Gasteiger partial charge in [0.05, 0.1) is 18.0 Å². The number of hydrogen-bond acceptors (Lipinski definition) is 1. The van der Waals surface area contributed by atoms with E-state index in [2.05, 4.69) is 15.9 Å². The molecule has 1 aromatic carbocycles. The molecule has 2 nitrogen and oxygen atoms in total. The molecule has 6 heteroatoms. The van der Waals surface area contributed by atoms with Crippen molar-refractivity contribution in [3.63, 3.8) is 0 Å². The molecule has 0 aliphatic carbocycles. The molecule has 1 aliphatic rings. The first kappa shape index (κ1) is 14.7. The maximum Gasteiger partial charge on any atom is 0.265 e. The van der Waals surface area contributed by atoms with Crippen molar-refractivity contribution >= 4 is 33.4 Å². The van der Waals surface area contributed by atoms with Gasteiger partial charge >= 0.3 is 0 Å². The quantitative estimate of drug-likeness (QED) is 0.790. The van der Waals surface area contributed by atoms with Gasteiger partial charge in [-0.05, 0) is 40.0 Å². The topological polar surface area (TPSA) is 20.3 Å². The highest BCUT2D eigenvalue weighted by Gasteiger charge is 2.36. The Balaban J connectivity index is 2.02. The number of rotatable bonds is 2. The largest absolute Gasteiger partial charge is 0.336 e. The molecule has 0 unspecified atom stereocenters. The molecule has 0 radical (unpaired) electrons. The summed E-state index contributed by atoms with van der Waals surface area (Å²) >= 11 is 9.20. The molecule has 1 amide bonds. The summed E-state index contributed by atoms with van der Waals surface area (Å²) in [7, 11) is 0. The standard InChI is InChI=1S/C13H13BrClF2NO/c14-10-3-2-9(6-11(10)15)7-12(19)18-5-1-4-13(16,17)8-18/h2-3,6H,1,4-5,7-8H2. The Morgan fingerprint density at radius 3 is 2.84 bits per heavy atom. The molecule has 0 bridgehead atoms. The molecule has 1 aromatic rings. The fourth-order valence-electron chi connectivity index (χ4n) is 2.11. The predicted molar refractivity (Wildman–Crippen MR) is 73.6 cm³/mol. The van der Waals surface area contributed by atoms with Crippen LogP contribution in [0.4, 0.5) is 8.78 Å². The molecule has 1 saturated heterocycles. The van der Waals surface area contributed by atoms with E-state index in [1.54, 1.807) is 18.2 Å². The molecular weight excluding hydrogens is 340 g/mol. The summed E-state index contributed by atoms with van der Waals surface area (Å²) in [6, 6.07) is 5.18. The lowest BCUT2D eigenvalue weighted by Crippen LogP contribution is -2.46. The Morgan fingerprint density at radius 2 is 2.21 bits per heavy atom. The summed E-state index contributed by atoms with van der Waals surface area (Å²) in [5, 5.41) is 0.509. The van der Waals surface area contributed by atoms with Gasteiger partial charge < -0.3 is 4.90 Å². The second-order valence-corrected chi connectivity index (χ2v) is 5.96. The third-order valence-corrected chi connectivity index (χ3v) is 4.32. The Labute approximate surface area is 123 Å². The number of halogens is 4. The molecule has 1 aliphatic heterocycles. The number of carbonyl (C=O) groups is 1. The van der Waals surface area contributed by atoms with E-state index in [9.17, 15) is 13.6 Å². The number of alkyl halides is 2. The zero-order chi connectivity index (χ0) is 14.0. The number of hydrogen-bond donors (Lipinski definition) is 0. The van der Waals surface area contributed by atoms with E-state index in [1.807, 2.05) is 0 Å². The van der Waals surface area contributed by atoms with E-state index in [4.69, 9.17) is 11.6 Å². The van der Waals surface area contributed by atoms with E-state index < -0.39 is 12.5 Å². The molecule has 0 N–H and O–H groups in total. The van der Waals surface area contributed by atoms with E-state index >= 15 is 0 Å². The number of piperidine rings is 1. The van der Waals surface area contributed by atoms with Crippen molar-refractivity contribution in [3.05, 3.63) is 33.3 Å². The number of amides is 1. The van der Waals surface area contributed by atoms with E-state index in [0.29, 0.717) is 18.0 Å². The van der Waals surface area contributed by atoms with Gasteiger partial charge in [-0.25, -0.2) is 8.78 Å². The van der Waals surface area contributed by atoms with Gasteiger partial charge in [0, 0.05) is 17.4 Å².